The number of nitrogens with zero attached hydrogens (tertiary/aromatic N) is 1. The summed E-state index contributed by atoms with van der Waals surface area (Å²) < 4.78 is 41.9. The van der Waals surface area contributed by atoms with E-state index in [9.17, 15) is 18.0 Å². The molecule has 0 unspecified atom stereocenters. The van der Waals surface area contributed by atoms with Gasteiger partial charge in [0.05, 0.1) is 10.2 Å². The van der Waals surface area contributed by atoms with Crippen LogP contribution in [0.15, 0.2) is 35.0 Å². The zero-order chi connectivity index (χ0) is 17.9. The Morgan fingerprint density at radius 1 is 1.28 bits per heavy atom. The van der Waals surface area contributed by atoms with Crippen LogP contribution in [0, 0.1) is 0 Å². The van der Waals surface area contributed by atoms with E-state index in [0.29, 0.717) is 28.2 Å². The fourth-order valence-corrected chi connectivity index (χ4v) is 3.70. The summed E-state index contributed by atoms with van der Waals surface area (Å²) in [5, 5.41) is 7.09. The number of hydrogen-bond donors (Lipinski definition) is 1. The van der Waals surface area contributed by atoms with Crippen molar-refractivity contribution in [3.63, 3.8) is 0 Å². The van der Waals surface area contributed by atoms with E-state index in [1.165, 1.54) is 23.5 Å². The second-order valence-electron chi connectivity index (χ2n) is 5.23. The maximum absolute atomic E-state index is 12.2. The van der Waals surface area contributed by atoms with E-state index < -0.39 is 12.8 Å². The van der Waals surface area contributed by atoms with Gasteiger partial charge in [-0.25, -0.2) is 4.98 Å². The van der Waals surface area contributed by atoms with Crippen molar-refractivity contribution in [3.05, 3.63) is 40.6 Å². The number of nitrogens with one attached hydrogen (secondary N) is 1. The number of benzene rings is 1. The molecule has 4 nitrogen and oxygen atoms in total. The van der Waals surface area contributed by atoms with Gasteiger partial charge in [-0.2, -0.15) is 24.5 Å². The van der Waals surface area contributed by atoms with Crippen LogP contribution in [0.2, 0.25) is 0 Å². The van der Waals surface area contributed by atoms with Crippen molar-refractivity contribution in [2.75, 3.05) is 11.9 Å². The molecule has 132 valence electrons. The second kappa shape index (κ2) is 7.40. The van der Waals surface area contributed by atoms with Gasteiger partial charge in [0.2, 0.25) is 5.91 Å². The number of amides is 1. The van der Waals surface area contributed by atoms with E-state index in [1.54, 1.807) is 17.4 Å². The van der Waals surface area contributed by atoms with Crippen molar-refractivity contribution >= 4 is 43.9 Å². The van der Waals surface area contributed by atoms with Crippen LogP contribution in [0.4, 0.5) is 18.3 Å². The number of aromatic nitrogens is 1. The lowest BCUT2D eigenvalue weighted by atomic mass is 10.2. The highest BCUT2D eigenvalue weighted by atomic mass is 32.1. The van der Waals surface area contributed by atoms with Gasteiger partial charge in [0.25, 0.3) is 0 Å². The fourth-order valence-electron chi connectivity index (χ4n) is 2.09. The van der Waals surface area contributed by atoms with Gasteiger partial charge in [-0.05, 0) is 47.0 Å². The van der Waals surface area contributed by atoms with E-state index in [1.807, 2.05) is 16.8 Å². The molecule has 9 heteroatoms. The summed E-state index contributed by atoms with van der Waals surface area (Å²) in [6, 6.07) is 6.45. The number of fused-ring (bicyclic) bond motifs is 1. The van der Waals surface area contributed by atoms with Gasteiger partial charge < -0.3 is 10.1 Å². The zero-order valence-corrected chi connectivity index (χ0v) is 14.4. The number of alkyl halides is 3. The third kappa shape index (κ3) is 5.17. The molecule has 25 heavy (non-hydrogen) atoms. The van der Waals surface area contributed by atoms with E-state index >= 15 is 0 Å². The first kappa shape index (κ1) is 17.7. The molecule has 0 spiro atoms. The third-order valence-corrected chi connectivity index (χ3v) is 4.90. The Kier molecular flexibility index (Phi) is 5.24. The Labute approximate surface area is 149 Å². The van der Waals surface area contributed by atoms with Crippen molar-refractivity contribution < 1.29 is 22.7 Å². The van der Waals surface area contributed by atoms with Crippen molar-refractivity contribution in [3.8, 4) is 5.75 Å². The van der Waals surface area contributed by atoms with Crippen LogP contribution < -0.4 is 10.1 Å². The van der Waals surface area contributed by atoms with Gasteiger partial charge in [-0.1, -0.05) is 11.3 Å². The van der Waals surface area contributed by atoms with Crippen molar-refractivity contribution in [2.24, 2.45) is 0 Å². The van der Waals surface area contributed by atoms with Gasteiger partial charge in [0.15, 0.2) is 11.7 Å². The normalized spacial score (nSPS) is 11.6. The van der Waals surface area contributed by atoms with E-state index in [0.717, 1.165) is 5.56 Å². The average molecular weight is 386 g/mol. The first-order valence-corrected chi connectivity index (χ1v) is 9.06. The molecular weight excluding hydrogens is 373 g/mol. The van der Waals surface area contributed by atoms with E-state index in [4.69, 9.17) is 4.74 Å². The number of thiophene rings is 1. The Morgan fingerprint density at radius 3 is 2.84 bits per heavy atom. The topological polar surface area (TPSA) is 51.2 Å². The van der Waals surface area contributed by atoms with Crippen LogP contribution in [-0.2, 0) is 11.2 Å². The molecule has 2 aromatic heterocycles. The van der Waals surface area contributed by atoms with Crippen LogP contribution in [-0.4, -0.2) is 23.7 Å². The van der Waals surface area contributed by atoms with Crippen LogP contribution in [0.1, 0.15) is 12.0 Å². The summed E-state index contributed by atoms with van der Waals surface area (Å²) >= 11 is 2.77. The van der Waals surface area contributed by atoms with Gasteiger partial charge in [-0.15, -0.1) is 0 Å². The molecule has 0 atom stereocenters. The highest BCUT2D eigenvalue weighted by molar-refractivity contribution is 7.22. The largest absolute Gasteiger partial charge is 0.484 e. The van der Waals surface area contributed by atoms with Gasteiger partial charge in [0.1, 0.15) is 5.75 Å². The molecule has 0 saturated heterocycles. The Bertz CT molecular complexity index is 860. The van der Waals surface area contributed by atoms with Crippen LogP contribution >= 0.6 is 22.7 Å². The molecule has 0 radical (unpaired) electrons. The number of aryl methyl sites for hydroxylation is 1. The molecular formula is C16H13F3N2O2S2. The number of carbonyl (C=O) groups excluding carboxylic acids is 1. The molecule has 3 aromatic rings. The molecule has 0 bridgehead atoms. The minimum absolute atomic E-state index is 0.115. The highest BCUT2D eigenvalue weighted by Crippen LogP contribution is 2.30. The third-order valence-electron chi connectivity index (χ3n) is 3.23. The summed E-state index contributed by atoms with van der Waals surface area (Å²) in [5.74, 6) is -0.0392. The van der Waals surface area contributed by atoms with Gasteiger partial charge in [-0.3, -0.25) is 4.79 Å². The molecule has 1 amide bonds. The van der Waals surface area contributed by atoms with Gasteiger partial charge >= 0.3 is 6.18 Å². The lowest BCUT2D eigenvalue weighted by Crippen LogP contribution is -2.19. The highest BCUT2D eigenvalue weighted by Gasteiger charge is 2.28. The SMILES string of the molecule is O=C(CCc1ccsc1)Nc1nc2ccc(OCC(F)(F)F)cc2s1. The summed E-state index contributed by atoms with van der Waals surface area (Å²) in [4.78, 5) is 16.2. The standard InChI is InChI=1S/C16H13F3N2O2S2/c17-16(18,19)9-23-11-2-3-12-13(7-11)25-15(20-12)21-14(22)4-1-10-5-6-24-8-10/h2-3,5-8H,1,4,9H2,(H,20,21,22). The molecule has 3 rings (SSSR count). The predicted molar refractivity (Wildman–Crippen MR) is 92.4 cm³/mol. The number of carbonyl (C=O) groups is 1. The first-order chi connectivity index (χ1) is 11.9. The number of anilines is 1. The average Bonchev–Trinajstić information content (AvgIpc) is 3.18. The Balaban J connectivity index is 1.61. The van der Waals surface area contributed by atoms with E-state index in [-0.39, 0.29) is 11.7 Å². The fraction of sp³-hybridized carbons (Fsp3) is 0.250. The molecule has 0 aliphatic heterocycles. The molecule has 0 fully saturated rings. The minimum Gasteiger partial charge on any atom is -0.484 e. The number of ether oxygens (including phenoxy) is 1. The number of halogens is 3. The quantitative estimate of drug-likeness (QED) is 0.658. The Hall–Kier alpha value is -2.13. The monoisotopic (exact) mass is 386 g/mol. The predicted octanol–water partition coefficient (Wildman–Crippen LogP) is 4.87. The molecule has 1 N–H and O–H groups in total. The van der Waals surface area contributed by atoms with Crippen molar-refractivity contribution in [1.29, 1.82) is 0 Å². The zero-order valence-electron chi connectivity index (χ0n) is 12.8. The lowest BCUT2D eigenvalue weighted by molar-refractivity contribution is -0.153. The van der Waals surface area contributed by atoms with Crippen LogP contribution in [0.25, 0.3) is 10.2 Å². The molecule has 0 aliphatic rings. The number of thiazole rings is 1. The summed E-state index contributed by atoms with van der Waals surface area (Å²) in [6.07, 6.45) is -3.40. The maximum Gasteiger partial charge on any atom is 0.422 e. The second-order valence-corrected chi connectivity index (χ2v) is 7.04. The van der Waals surface area contributed by atoms with Crippen molar-refractivity contribution in [2.45, 2.75) is 19.0 Å². The van der Waals surface area contributed by atoms with Gasteiger partial charge in [0, 0.05) is 6.42 Å². The maximum atomic E-state index is 12.2. The summed E-state index contributed by atoms with van der Waals surface area (Å²) in [6.45, 7) is -1.34. The smallest absolute Gasteiger partial charge is 0.422 e. The first-order valence-electron chi connectivity index (χ1n) is 7.30. The lowest BCUT2D eigenvalue weighted by Gasteiger charge is -2.08. The summed E-state index contributed by atoms with van der Waals surface area (Å²) in [5.41, 5.74) is 1.70. The van der Waals surface area contributed by atoms with Crippen LogP contribution in [0.5, 0.6) is 5.75 Å². The molecule has 0 saturated carbocycles. The minimum atomic E-state index is -4.38. The number of rotatable bonds is 6. The number of hydrogen-bond acceptors (Lipinski definition) is 5. The van der Waals surface area contributed by atoms with Crippen LogP contribution in [0.3, 0.4) is 0 Å². The van der Waals surface area contributed by atoms with Crippen molar-refractivity contribution in [1.82, 2.24) is 4.98 Å². The molecule has 0 aliphatic carbocycles. The summed E-state index contributed by atoms with van der Waals surface area (Å²) in [7, 11) is 0. The van der Waals surface area contributed by atoms with E-state index in [2.05, 4.69) is 10.3 Å². The molecule has 2 heterocycles. The Morgan fingerprint density at radius 2 is 2.12 bits per heavy atom. The molecule has 1 aromatic carbocycles.